The van der Waals surface area contributed by atoms with Gasteiger partial charge in [-0.3, -0.25) is 4.90 Å². The monoisotopic (exact) mass is 322 g/mol. The first-order valence-corrected chi connectivity index (χ1v) is 7.39. The average molecular weight is 323 g/mol. The Morgan fingerprint density at radius 3 is 3.05 bits per heavy atom. The van der Waals surface area contributed by atoms with Crippen molar-refractivity contribution in [3.8, 4) is 0 Å². The minimum absolute atomic E-state index is 0.120. The Kier molecular flexibility index (Phi) is 3.57. The zero-order valence-electron chi connectivity index (χ0n) is 11.0. The van der Waals surface area contributed by atoms with Gasteiger partial charge >= 0.3 is 6.09 Å². The SMILES string of the molecule is Cc1csc2c(N(Cc3ccco3)C(=O)O)cc(Cl)nc12. The maximum absolute atomic E-state index is 11.6. The van der Waals surface area contributed by atoms with Gasteiger partial charge in [-0.1, -0.05) is 11.6 Å². The Bertz CT molecular complexity index is 798. The number of anilines is 1. The van der Waals surface area contributed by atoms with Crippen molar-refractivity contribution >= 4 is 44.9 Å². The molecule has 0 atom stereocenters. The summed E-state index contributed by atoms with van der Waals surface area (Å²) >= 11 is 7.48. The molecular formula is C14H11ClN2O3S. The fourth-order valence-electron chi connectivity index (χ4n) is 2.09. The van der Waals surface area contributed by atoms with Gasteiger partial charge in [0.15, 0.2) is 0 Å². The second kappa shape index (κ2) is 5.38. The number of hydrogen-bond donors (Lipinski definition) is 1. The van der Waals surface area contributed by atoms with Crippen molar-refractivity contribution in [1.82, 2.24) is 4.98 Å². The predicted molar refractivity (Wildman–Crippen MR) is 82.3 cm³/mol. The van der Waals surface area contributed by atoms with Gasteiger partial charge in [0.1, 0.15) is 10.9 Å². The van der Waals surface area contributed by atoms with Crippen LogP contribution in [0.5, 0.6) is 0 Å². The first-order chi connectivity index (χ1) is 10.1. The molecule has 3 heterocycles. The van der Waals surface area contributed by atoms with Crippen molar-refractivity contribution in [1.29, 1.82) is 0 Å². The van der Waals surface area contributed by atoms with Gasteiger partial charge in [0.25, 0.3) is 0 Å². The molecule has 7 heteroatoms. The van der Waals surface area contributed by atoms with E-state index in [0.717, 1.165) is 15.8 Å². The van der Waals surface area contributed by atoms with E-state index in [1.807, 2.05) is 12.3 Å². The quantitative estimate of drug-likeness (QED) is 0.719. The van der Waals surface area contributed by atoms with Crippen LogP contribution in [0.15, 0.2) is 34.3 Å². The number of aromatic nitrogens is 1. The maximum atomic E-state index is 11.6. The van der Waals surface area contributed by atoms with E-state index >= 15 is 0 Å². The lowest BCUT2D eigenvalue weighted by Crippen LogP contribution is -2.28. The molecule has 0 aliphatic heterocycles. The molecule has 0 fully saturated rings. The minimum atomic E-state index is -1.07. The van der Waals surface area contributed by atoms with Crippen LogP contribution in [0.25, 0.3) is 10.2 Å². The van der Waals surface area contributed by atoms with Gasteiger partial charge in [0.2, 0.25) is 0 Å². The molecule has 0 spiro atoms. The van der Waals surface area contributed by atoms with Crippen molar-refractivity contribution in [3.05, 3.63) is 46.3 Å². The van der Waals surface area contributed by atoms with E-state index in [9.17, 15) is 9.90 Å². The number of carboxylic acid groups (broad SMARTS) is 1. The Morgan fingerprint density at radius 2 is 2.38 bits per heavy atom. The zero-order chi connectivity index (χ0) is 15.0. The Morgan fingerprint density at radius 1 is 1.57 bits per heavy atom. The first kappa shape index (κ1) is 13.9. The number of halogens is 1. The van der Waals surface area contributed by atoms with Gasteiger partial charge in [-0.25, -0.2) is 9.78 Å². The van der Waals surface area contributed by atoms with Gasteiger partial charge in [-0.05, 0) is 30.0 Å². The van der Waals surface area contributed by atoms with Crippen molar-refractivity contribution in [3.63, 3.8) is 0 Å². The third-order valence-electron chi connectivity index (χ3n) is 3.06. The van der Waals surface area contributed by atoms with E-state index in [2.05, 4.69) is 4.98 Å². The molecule has 3 aromatic rings. The van der Waals surface area contributed by atoms with Crippen LogP contribution >= 0.6 is 22.9 Å². The van der Waals surface area contributed by atoms with Crippen molar-refractivity contribution in [2.75, 3.05) is 4.90 Å². The number of aryl methyl sites for hydroxylation is 1. The molecule has 0 saturated carbocycles. The summed E-state index contributed by atoms with van der Waals surface area (Å²) in [5.41, 5.74) is 2.22. The van der Waals surface area contributed by atoms with E-state index in [4.69, 9.17) is 16.0 Å². The summed E-state index contributed by atoms with van der Waals surface area (Å²) in [7, 11) is 0. The van der Waals surface area contributed by atoms with Crippen molar-refractivity contribution < 1.29 is 14.3 Å². The summed E-state index contributed by atoms with van der Waals surface area (Å²) in [5.74, 6) is 0.562. The van der Waals surface area contributed by atoms with E-state index in [0.29, 0.717) is 11.4 Å². The van der Waals surface area contributed by atoms with Crippen LogP contribution in [0.1, 0.15) is 11.3 Å². The molecule has 5 nitrogen and oxygen atoms in total. The Labute approximate surface area is 129 Å². The molecule has 0 aromatic carbocycles. The molecule has 1 N–H and O–H groups in total. The van der Waals surface area contributed by atoms with Crippen molar-refractivity contribution in [2.45, 2.75) is 13.5 Å². The van der Waals surface area contributed by atoms with Gasteiger partial charge in [0, 0.05) is 6.07 Å². The maximum Gasteiger partial charge on any atom is 0.412 e. The second-order valence-corrected chi connectivity index (χ2v) is 5.78. The molecule has 0 aliphatic carbocycles. The number of hydrogen-bond acceptors (Lipinski definition) is 4. The number of rotatable bonds is 3. The third-order valence-corrected chi connectivity index (χ3v) is 4.37. The van der Waals surface area contributed by atoms with E-state index in [1.165, 1.54) is 22.5 Å². The number of pyridine rings is 1. The fourth-order valence-corrected chi connectivity index (χ4v) is 3.29. The summed E-state index contributed by atoms with van der Waals surface area (Å²) in [4.78, 5) is 17.1. The lowest BCUT2D eigenvalue weighted by molar-refractivity contribution is 0.201. The number of amides is 1. The number of thiophene rings is 1. The summed E-state index contributed by atoms with van der Waals surface area (Å²) in [6.07, 6.45) is 0.445. The van der Waals surface area contributed by atoms with Crippen LogP contribution in [0, 0.1) is 6.92 Å². The number of nitrogens with zero attached hydrogens (tertiary/aromatic N) is 2. The molecule has 3 rings (SSSR count). The van der Waals surface area contributed by atoms with E-state index in [-0.39, 0.29) is 11.7 Å². The number of fused-ring (bicyclic) bond motifs is 1. The van der Waals surface area contributed by atoms with Crippen LogP contribution < -0.4 is 4.90 Å². The van der Waals surface area contributed by atoms with Crippen LogP contribution in [-0.4, -0.2) is 16.2 Å². The predicted octanol–water partition coefficient (Wildman–Crippen LogP) is 4.54. The normalized spacial score (nSPS) is 11.0. The molecule has 3 aromatic heterocycles. The van der Waals surface area contributed by atoms with Gasteiger partial charge in [0.05, 0.1) is 28.7 Å². The lowest BCUT2D eigenvalue weighted by Gasteiger charge is -2.19. The summed E-state index contributed by atoms with van der Waals surface area (Å²) in [5, 5.41) is 11.7. The Hall–Kier alpha value is -2.05. The van der Waals surface area contributed by atoms with Crippen LogP contribution in [0.2, 0.25) is 5.15 Å². The first-order valence-electron chi connectivity index (χ1n) is 6.13. The molecular weight excluding hydrogens is 312 g/mol. The number of furan rings is 1. The highest BCUT2D eigenvalue weighted by Gasteiger charge is 2.21. The molecule has 0 aliphatic rings. The molecule has 1 amide bonds. The minimum Gasteiger partial charge on any atom is -0.467 e. The van der Waals surface area contributed by atoms with Gasteiger partial charge in [-0.15, -0.1) is 11.3 Å². The smallest absolute Gasteiger partial charge is 0.412 e. The van der Waals surface area contributed by atoms with Crippen LogP contribution in [-0.2, 0) is 6.54 Å². The fraction of sp³-hybridized carbons (Fsp3) is 0.143. The standard InChI is InChI=1S/C14H11ClN2O3S/c1-8-7-21-13-10(5-11(15)16-12(8)13)17(14(18)19)6-9-3-2-4-20-9/h2-5,7H,6H2,1H3,(H,18,19). The second-order valence-electron chi connectivity index (χ2n) is 4.51. The highest BCUT2D eigenvalue weighted by Crippen LogP contribution is 2.35. The van der Waals surface area contributed by atoms with E-state index < -0.39 is 6.09 Å². The summed E-state index contributed by atoms with van der Waals surface area (Å²) < 4.78 is 6.03. The molecule has 108 valence electrons. The van der Waals surface area contributed by atoms with Gasteiger partial charge in [-0.2, -0.15) is 0 Å². The summed E-state index contributed by atoms with van der Waals surface area (Å²) in [6.45, 7) is 2.04. The molecule has 0 bridgehead atoms. The largest absolute Gasteiger partial charge is 0.467 e. The van der Waals surface area contributed by atoms with E-state index in [1.54, 1.807) is 18.2 Å². The molecule has 0 radical (unpaired) electrons. The lowest BCUT2D eigenvalue weighted by atomic mass is 10.2. The Balaban J connectivity index is 2.13. The summed E-state index contributed by atoms with van der Waals surface area (Å²) in [6, 6.07) is 5.02. The topological polar surface area (TPSA) is 66.6 Å². The van der Waals surface area contributed by atoms with Gasteiger partial charge < -0.3 is 9.52 Å². The number of carbonyl (C=O) groups is 1. The average Bonchev–Trinajstić information content (AvgIpc) is 3.06. The highest BCUT2D eigenvalue weighted by atomic mass is 35.5. The van der Waals surface area contributed by atoms with Crippen LogP contribution in [0.3, 0.4) is 0 Å². The zero-order valence-corrected chi connectivity index (χ0v) is 12.6. The molecule has 0 saturated heterocycles. The molecule has 21 heavy (non-hydrogen) atoms. The van der Waals surface area contributed by atoms with Crippen molar-refractivity contribution in [2.24, 2.45) is 0 Å². The third kappa shape index (κ3) is 2.59. The van der Waals surface area contributed by atoms with Crippen LogP contribution in [0.4, 0.5) is 10.5 Å². The highest BCUT2D eigenvalue weighted by molar-refractivity contribution is 7.18. The molecule has 0 unspecified atom stereocenters.